The maximum atomic E-state index is 13.7. The number of hydrogen-bond acceptors (Lipinski definition) is 9. The van der Waals surface area contributed by atoms with Crippen LogP contribution in [0.1, 0.15) is 18.2 Å². The average molecular weight is 549 g/mol. The Balaban J connectivity index is 1.34. The van der Waals surface area contributed by atoms with E-state index in [1.807, 2.05) is 0 Å². The molecule has 6 heterocycles. The minimum atomic E-state index is -4.58. The van der Waals surface area contributed by atoms with Crippen LogP contribution in [0.5, 0.6) is 11.5 Å². The van der Waals surface area contributed by atoms with Gasteiger partial charge in [0.2, 0.25) is 5.95 Å². The average Bonchev–Trinajstić information content (AvgIpc) is 3.67. The Kier molecular flexibility index (Phi) is 5.75. The van der Waals surface area contributed by atoms with Gasteiger partial charge in [0.1, 0.15) is 16.2 Å². The minimum absolute atomic E-state index is 0.0197. The van der Waals surface area contributed by atoms with Crippen molar-refractivity contribution in [2.45, 2.75) is 18.6 Å². The van der Waals surface area contributed by atoms with Gasteiger partial charge in [0.05, 0.1) is 25.0 Å². The molecule has 198 valence electrons. The molecule has 5 aromatic heterocycles. The van der Waals surface area contributed by atoms with Crippen LogP contribution >= 0.6 is 11.6 Å². The van der Waals surface area contributed by atoms with Crippen LogP contribution in [0.15, 0.2) is 30.9 Å². The summed E-state index contributed by atoms with van der Waals surface area (Å²) in [7, 11) is 3.38. The number of imidazole rings is 1. The molecule has 0 bridgehead atoms. The van der Waals surface area contributed by atoms with E-state index in [1.54, 1.807) is 35.6 Å². The summed E-state index contributed by atoms with van der Waals surface area (Å²) >= 11 is 6.69. The second-order valence-electron chi connectivity index (χ2n) is 8.53. The summed E-state index contributed by atoms with van der Waals surface area (Å²) in [5.41, 5.74) is 0.409. The van der Waals surface area contributed by atoms with E-state index >= 15 is 0 Å². The lowest BCUT2D eigenvalue weighted by molar-refractivity contribution is -0.145. The highest BCUT2D eigenvalue weighted by Crippen LogP contribution is 2.39. The van der Waals surface area contributed by atoms with E-state index in [0.29, 0.717) is 35.6 Å². The van der Waals surface area contributed by atoms with Crippen LogP contribution in [0, 0.1) is 0 Å². The molecule has 0 amide bonds. The summed E-state index contributed by atoms with van der Waals surface area (Å²) in [5.74, 6) is 1.37. The smallest absolute Gasteiger partial charge is 0.433 e. The highest BCUT2D eigenvalue weighted by Gasteiger charge is 2.38. The van der Waals surface area contributed by atoms with Gasteiger partial charge in [0.15, 0.2) is 34.3 Å². The molecule has 38 heavy (non-hydrogen) atoms. The van der Waals surface area contributed by atoms with Gasteiger partial charge in [-0.3, -0.25) is 4.68 Å². The molecule has 0 saturated carbocycles. The number of alkyl halides is 3. The lowest BCUT2D eigenvalue weighted by Gasteiger charge is -2.14. The van der Waals surface area contributed by atoms with Crippen molar-refractivity contribution in [2.24, 2.45) is 7.05 Å². The lowest BCUT2D eigenvalue weighted by Crippen LogP contribution is -2.19. The van der Waals surface area contributed by atoms with E-state index in [4.69, 9.17) is 21.1 Å². The molecule has 12 nitrogen and oxygen atoms in total. The summed E-state index contributed by atoms with van der Waals surface area (Å²) in [6.07, 6.45) is 2.08. The highest BCUT2D eigenvalue weighted by atomic mass is 35.5. The van der Waals surface area contributed by atoms with Gasteiger partial charge in [-0.15, -0.1) is 0 Å². The fourth-order valence-corrected chi connectivity index (χ4v) is 4.66. The molecule has 1 fully saturated rings. The number of halogens is 4. The molecule has 16 heteroatoms. The molecule has 1 saturated heterocycles. The number of nitrogens with one attached hydrogen (secondary N) is 2. The summed E-state index contributed by atoms with van der Waals surface area (Å²) in [4.78, 5) is 13.0. The number of nitrogens with zero attached hydrogens (tertiary/aromatic N) is 8. The predicted octanol–water partition coefficient (Wildman–Crippen LogP) is 4.42. The molecule has 6 rings (SSSR count). The predicted molar refractivity (Wildman–Crippen MR) is 131 cm³/mol. The van der Waals surface area contributed by atoms with Crippen LogP contribution in [0.2, 0.25) is 5.02 Å². The molecule has 5 aromatic rings. The van der Waals surface area contributed by atoms with E-state index in [-0.39, 0.29) is 34.8 Å². The van der Waals surface area contributed by atoms with Crippen LogP contribution in [-0.4, -0.2) is 59.2 Å². The van der Waals surface area contributed by atoms with Crippen molar-refractivity contribution in [1.29, 1.82) is 0 Å². The molecule has 1 aliphatic rings. The zero-order chi connectivity index (χ0) is 26.6. The van der Waals surface area contributed by atoms with Crippen molar-refractivity contribution < 1.29 is 22.6 Å². The van der Waals surface area contributed by atoms with Crippen molar-refractivity contribution in [1.82, 2.24) is 38.9 Å². The van der Waals surface area contributed by atoms with Gasteiger partial charge in [-0.25, -0.2) is 14.5 Å². The van der Waals surface area contributed by atoms with Crippen LogP contribution < -0.4 is 15.4 Å². The lowest BCUT2D eigenvalue weighted by atomic mass is 10.2. The first kappa shape index (κ1) is 24.2. The van der Waals surface area contributed by atoms with Gasteiger partial charge in [-0.05, 0) is 6.42 Å². The van der Waals surface area contributed by atoms with Gasteiger partial charge >= 0.3 is 6.18 Å². The monoisotopic (exact) mass is 548 g/mol. The Morgan fingerprint density at radius 1 is 1.18 bits per heavy atom. The van der Waals surface area contributed by atoms with Gasteiger partial charge in [-0.2, -0.15) is 28.4 Å². The van der Waals surface area contributed by atoms with Crippen molar-refractivity contribution in [3.05, 3.63) is 41.6 Å². The van der Waals surface area contributed by atoms with Gasteiger partial charge < -0.3 is 24.7 Å². The van der Waals surface area contributed by atoms with E-state index < -0.39 is 17.9 Å². The summed E-state index contributed by atoms with van der Waals surface area (Å²) in [5, 5.41) is 14.5. The fourth-order valence-electron chi connectivity index (χ4n) is 4.36. The van der Waals surface area contributed by atoms with E-state index in [2.05, 4.69) is 35.8 Å². The maximum Gasteiger partial charge on any atom is 0.433 e. The number of aromatic nitrogens is 8. The quantitative estimate of drug-likeness (QED) is 0.317. The number of ether oxygens (including phenoxy) is 2. The van der Waals surface area contributed by atoms with E-state index in [1.165, 1.54) is 12.4 Å². The molecular weight excluding hydrogens is 529 g/mol. The van der Waals surface area contributed by atoms with Crippen molar-refractivity contribution in [2.75, 3.05) is 30.9 Å². The first-order valence-electron chi connectivity index (χ1n) is 11.4. The summed E-state index contributed by atoms with van der Waals surface area (Å²) in [6, 6.07) is 0.441. The topological polar surface area (TPSA) is 121 Å². The molecular formula is C22H20ClF3N10O2. The number of aryl methyl sites for hydroxylation is 1. The molecule has 1 atom stereocenters. The van der Waals surface area contributed by atoms with Gasteiger partial charge in [-0.1, -0.05) is 11.6 Å². The molecule has 1 aliphatic heterocycles. The Morgan fingerprint density at radius 2 is 2.03 bits per heavy atom. The van der Waals surface area contributed by atoms with E-state index in [0.717, 1.165) is 10.7 Å². The fraction of sp³-hybridized carbons (Fsp3) is 0.318. The molecule has 0 spiro atoms. The molecule has 0 radical (unpaired) electrons. The minimum Gasteiger partial charge on any atom is -0.450 e. The first-order chi connectivity index (χ1) is 18.2. The van der Waals surface area contributed by atoms with Crippen molar-refractivity contribution in [3.8, 4) is 11.5 Å². The maximum absolute atomic E-state index is 13.7. The molecule has 0 aromatic carbocycles. The number of fused-ring (bicyclic) bond motifs is 2. The van der Waals surface area contributed by atoms with Crippen LogP contribution in [0.25, 0.3) is 16.7 Å². The summed E-state index contributed by atoms with van der Waals surface area (Å²) in [6.45, 7) is 0.545. The molecule has 0 unspecified atom stereocenters. The second kappa shape index (κ2) is 9.02. The normalized spacial score (nSPS) is 16.0. The largest absolute Gasteiger partial charge is 0.450 e. The Labute approximate surface area is 217 Å². The standard InChI is InChI=1S/C22H20ClF3N10O2/c1-27-19-17-13(9-30-35(17)5-4-28-19)38-12-8-29-20-18(16(12)23)34(2)21(32-20)31-15-7-14(22(24,25)26)36(33-15)11-3-6-37-10-11/h4-5,7-9,11H,3,6,10H2,1-2H3,(H,27,28)(H,29,31,32,33)/t11-/m1/s1. The number of rotatable bonds is 6. The molecule has 2 N–H and O–H groups in total. The zero-order valence-corrected chi connectivity index (χ0v) is 20.7. The van der Waals surface area contributed by atoms with E-state index in [9.17, 15) is 13.2 Å². The molecule has 0 aliphatic carbocycles. The SMILES string of the molecule is CNc1nccn2ncc(Oc3cnc4nc(Nc5cc(C(F)(F)F)n([C@@H]6CCOC6)n5)n(C)c4c3Cl)c12. The Hall–Kier alpha value is -4.11. The first-order valence-corrected chi connectivity index (χ1v) is 11.8. The van der Waals surface area contributed by atoms with Crippen LogP contribution in [0.3, 0.4) is 0 Å². The van der Waals surface area contributed by atoms with Crippen molar-refractivity contribution >= 4 is 45.9 Å². The third-order valence-corrected chi connectivity index (χ3v) is 6.54. The number of hydrogen-bond donors (Lipinski definition) is 2. The van der Waals surface area contributed by atoms with Gasteiger partial charge in [0.25, 0.3) is 0 Å². The zero-order valence-electron chi connectivity index (χ0n) is 20.0. The second-order valence-corrected chi connectivity index (χ2v) is 8.91. The third kappa shape index (κ3) is 4.03. The third-order valence-electron chi connectivity index (χ3n) is 6.18. The Morgan fingerprint density at radius 3 is 2.76 bits per heavy atom. The summed E-state index contributed by atoms with van der Waals surface area (Å²) < 4.78 is 56.5. The number of anilines is 3. The van der Waals surface area contributed by atoms with Crippen molar-refractivity contribution in [3.63, 3.8) is 0 Å². The van der Waals surface area contributed by atoms with Crippen LogP contribution in [-0.2, 0) is 18.0 Å². The van der Waals surface area contributed by atoms with Crippen LogP contribution in [0.4, 0.5) is 30.8 Å². The number of pyridine rings is 1. The highest BCUT2D eigenvalue weighted by molar-refractivity contribution is 6.36. The van der Waals surface area contributed by atoms with Gasteiger partial charge in [0, 0.05) is 39.2 Å². The Bertz CT molecular complexity index is 1650.